The molecule has 2 rings (SSSR count). The summed E-state index contributed by atoms with van der Waals surface area (Å²) in [5, 5.41) is 0. The summed E-state index contributed by atoms with van der Waals surface area (Å²) in [7, 11) is 0. The minimum atomic E-state index is -0.337. The first-order valence-corrected chi connectivity index (χ1v) is 7.02. The first-order chi connectivity index (χ1) is 9.04. The van der Waals surface area contributed by atoms with E-state index in [1.165, 1.54) is 6.07 Å². The van der Waals surface area contributed by atoms with Crippen LogP contribution in [0.25, 0.3) is 0 Å². The molecule has 1 saturated heterocycles. The average Bonchev–Trinajstić information content (AvgIpc) is 2.37. The summed E-state index contributed by atoms with van der Waals surface area (Å²) in [6.07, 6.45) is 0. The van der Waals surface area contributed by atoms with E-state index < -0.39 is 0 Å². The van der Waals surface area contributed by atoms with Crippen molar-refractivity contribution in [2.75, 3.05) is 31.1 Å². The molecule has 1 aromatic carbocycles. The molecule has 1 aliphatic rings. The van der Waals surface area contributed by atoms with E-state index in [0.717, 1.165) is 31.9 Å². The summed E-state index contributed by atoms with van der Waals surface area (Å²) >= 11 is 4.98. The van der Waals surface area contributed by atoms with E-state index in [2.05, 4.69) is 23.6 Å². The van der Waals surface area contributed by atoms with Crippen molar-refractivity contribution in [2.45, 2.75) is 19.9 Å². The van der Waals surface area contributed by atoms with Crippen molar-refractivity contribution in [3.63, 3.8) is 0 Å². The Morgan fingerprint density at radius 2 is 2.21 bits per heavy atom. The molecule has 2 N–H and O–H groups in total. The molecular weight excluding hydrogens is 261 g/mol. The second kappa shape index (κ2) is 5.84. The lowest BCUT2D eigenvalue weighted by Gasteiger charge is -2.41. The third-order valence-corrected chi connectivity index (χ3v) is 3.95. The van der Waals surface area contributed by atoms with E-state index in [4.69, 9.17) is 18.0 Å². The average molecular weight is 281 g/mol. The monoisotopic (exact) mass is 281 g/mol. The first kappa shape index (κ1) is 14.2. The Morgan fingerprint density at radius 1 is 1.47 bits per heavy atom. The van der Waals surface area contributed by atoms with E-state index >= 15 is 0 Å². The van der Waals surface area contributed by atoms with Gasteiger partial charge in [-0.15, -0.1) is 0 Å². The van der Waals surface area contributed by atoms with Gasteiger partial charge in [0.2, 0.25) is 0 Å². The molecule has 1 aliphatic heterocycles. The highest BCUT2D eigenvalue weighted by molar-refractivity contribution is 7.80. The molecule has 0 bridgehead atoms. The number of hydrogen-bond acceptors (Lipinski definition) is 3. The van der Waals surface area contributed by atoms with Crippen LogP contribution in [0.2, 0.25) is 0 Å². The van der Waals surface area contributed by atoms with Crippen molar-refractivity contribution in [3.8, 4) is 0 Å². The SMILES string of the molecule is CCN1CCN(c2cccc(F)c2C(N)=S)CC1C. The zero-order chi connectivity index (χ0) is 14.0. The zero-order valence-electron chi connectivity index (χ0n) is 11.4. The van der Waals surface area contributed by atoms with Crippen molar-refractivity contribution < 1.29 is 4.39 Å². The molecule has 1 heterocycles. The minimum Gasteiger partial charge on any atom is -0.389 e. The number of benzene rings is 1. The summed E-state index contributed by atoms with van der Waals surface area (Å²) in [5.74, 6) is -0.337. The van der Waals surface area contributed by atoms with Crippen molar-refractivity contribution >= 4 is 22.9 Å². The maximum Gasteiger partial charge on any atom is 0.135 e. The second-order valence-corrected chi connectivity index (χ2v) is 5.36. The number of rotatable bonds is 3. The van der Waals surface area contributed by atoms with Crippen LogP contribution < -0.4 is 10.6 Å². The first-order valence-electron chi connectivity index (χ1n) is 6.62. The fourth-order valence-electron chi connectivity index (χ4n) is 2.70. The number of piperazine rings is 1. The van der Waals surface area contributed by atoms with E-state index in [0.29, 0.717) is 11.6 Å². The van der Waals surface area contributed by atoms with Gasteiger partial charge in [0.25, 0.3) is 0 Å². The van der Waals surface area contributed by atoms with Crippen LogP contribution in [-0.2, 0) is 0 Å². The Hall–Kier alpha value is -1.20. The third-order valence-electron chi connectivity index (χ3n) is 3.75. The van der Waals surface area contributed by atoms with Gasteiger partial charge in [0.05, 0.1) is 5.56 Å². The predicted molar refractivity (Wildman–Crippen MR) is 81.2 cm³/mol. The fourth-order valence-corrected chi connectivity index (χ4v) is 2.91. The number of likely N-dealkylation sites (N-methyl/N-ethyl adjacent to an activating group) is 1. The summed E-state index contributed by atoms with van der Waals surface area (Å²) < 4.78 is 13.9. The van der Waals surface area contributed by atoms with Gasteiger partial charge in [-0.1, -0.05) is 25.2 Å². The van der Waals surface area contributed by atoms with Crippen LogP contribution in [0, 0.1) is 5.82 Å². The molecule has 0 aliphatic carbocycles. The smallest absolute Gasteiger partial charge is 0.135 e. The highest BCUT2D eigenvalue weighted by Crippen LogP contribution is 2.25. The second-order valence-electron chi connectivity index (χ2n) is 4.92. The molecule has 3 nitrogen and oxygen atoms in total. The van der Waals surface area contributed by atoms with Crippen molar-refractivity contribution in [3.05, 3.63) is 29.6 Å². The number of halogens is 1. The number of hydrogen-bond donors (Lipinski definition) is 1. The lowest BCUT2D eigenvalue weighted by Crippen LogP contribution is -2.52. The minimum absolute atomic E-state index is 0.124. The van der Waals surface area contributed by atoms with E-state index in [9.17, 15) is 4.39 Å². The Bertz CT molecular complexity index is 478. The molecule has 0 amide bonds. The lowest BCUT2D eigenvalue weighted by molar-refractivity contribution is 0.199. The van der Waals surface area contributed by atoms with Gasteiger partial charge in [-0.3, -0.25) is 4.90 Å². The molecule has 1 unspecified atom stereocenters. The van der Waals surface area contributed by atoms with Gasteiger partial charge in [-0.2, -0.15) is 0 Å². The van der Waals surface area contributed by atoms with Crippen LogP contribution in [-0.4, -0.2) is 42.1 Å². The Morgan fingerprint density at radius 3 is 2.79 bits per heavy atom. The van der Waals surface area contributed by atoms with Gasteiger partial charge in [0, 0.05) is 31.4 Å². The number of thiocarbonyl (C=S) groups is 1. The quantitative estimate of drug-likeness (QED) is 0.859. The van der Waals surface area contributed by atoms with Gasteiger partial charge in [-0.05, 0) is 25.6 Å². The lowest BCUT2D eigenvalue weighted by atomic mass is 10.1. The predicted octanol–water partition coefficient (Wildman–Crippen LogP) is 1.99. The third kappa shape index (κ3) is 2.87. The molecule has 0 radical (unpaired) electrons. The van der Waals surface area contributed by atoms with Gasteiger partial charge < -0.3 is 10.6 Å². The number of anilines is 1. The molecule has 0 aromatic heterocycles. The maximum absolute atomic E-state index is 13.9. The summed E-state index contributed by atoms with van der Waals surface area (Å²) in [6, 6.07) is 5.46. The molecule has 5 heteroatoms. The molecule has 1 fully saturated rings. The summed E-state index contributed by atoms with van der Waals surface area (Å²) in [4.78, 5) is 4.71. The molecule has 0 spiro atoms. The van der Waals surface area contributed by atoms with Crippen LogP contribution in [0.5, 0.6) is 0 Å². The van der Waals surface area contributed by atoms with Gasteiger partial charge >= 0.3 is 0 Å². The fraction of sp³-hybridized carbons (Fsp3) is 0.500. The Balaban J connectivity index is 2.28. The molecule has 1 atom stereocenters. The zero-order valence-corrected chi connectivity index (χ0v) is 12.2. The van der Waals surface area contributed by atoms with E-state index in [1.54, 1.807) is 6.07 Å². The molecule has 104 valence electrons. The van der Waals surface area contributed by atoms with Gasteiger partial charge in [0.1, 0.15) is 10.8 Å². The Labute approximate surface area is 119 Å². The van der Waals surface area contributed by atoms with Gasteiger partial charge in [-0.25, -0.2) is 4.39 Å². The summed E-state index contributed by atoms with van der Waals surface area (Å²) in [5.41, 5.74) is 6.85. The van der Waals surface area contributed by atoms with Gasteiger partial charge in [0.15, 0.2) is 0 Å². The van der Waals surface area contributed by atoms with Crippen molar-refractivity contribution in [2.24, 2.45) is 5.73 Å². The number of nitrogens with zero attached hydrogens (tertiary/aromatic N) is 2. The largest absolute Gasteiger partial charge is 0.389 e. The Kier molecular flexibility index (Phi) is 4.37. The van der Waals surface area contributed by atoms with E-state index in [-0.39, 0.29) is 10.8 Å². The van der Waals surface area contributed by atoms with Crippen LogP contribution in [0.3, 0.4) is 0 Å². The van der Waals surface area contributed by atoms with E-state index in [1.807, 2.05) is 6.07 Å². The maximum atomic E-state index is 13.9. The molecule has 0 saturated carbocycles. The molecule has 19 heavy (non-hydrogen) atoms. The summed E-state index contributed by atoms with van der Waals surface area (Å²) in [6.45, 7) is 8.11. The van der Waals surface area contributed by atoms with Crippen LogP contribution >= 0.6 is 12.2 Å². The molecule has 1 aromatic rings. The number of nitrogens with two attached hydrogens (primary N) is 1. The highest BCUT2D eigenvalue weighted by Gasteiger charge is 2.25. The van der Waals surface area contributed by atoms with Crippen molar-refractivity contribution in [1.82, 2.24) is 4.90 Å². The highest BCUT2D eigenvalue weighted by atomic mass is 32.1. The molecular formula is C14H20FN3S. The van der Waals surface area contributed by atoms with Crippen LogP contribution in [0.4, 0.5) is 10.1 Å². The standard InChI is InChI=1S/C14H20FN3S/c1-3-17-7-8-18(9-10(17)2)12-6-4-5-11(15)13(12)14(16)19/h4-6,10H,3,7-9H2,1-2H3,(H2,16,19). The van der Waals surface area contributed by atoms with Crippen LogP contribution in [0.15, 0.2) is 18.2 Å². The normalized spacial score (nSPS) is 20.6. The topological polar surface area (TPSA) is 32.5 Å². The van der Waals surface area contributed by atoms with Crippen LogP contribution in [0.1, 0.15) is 19.4 Å². The van der Waals surface area contributed by atoms with Crippen molar-refractivity contribution in [1.29, 1.82) is 0 Å².